The normalized spacial score (nSPS) is 22.4. The van der Waals surface area contributed by atoms with Crippen molar-refractivity contribution in [3.63, 3.8) is 0 Å². The molecule has 0 aromatic heterocycles. The number of nitrogens with zero attached hydrogens (tertiary/aromatic N) is 3. The molecule has 8 heteroatoms. The van der Waals surface area contributed by atoms with E-state index in [1.165, 1.54) is 18.2 Å². The summed E-state index contributed by atoms with van der Waals surface area (Å²) in [4.78, 5) is 24.8. The van der Waals surface area contributed by atoms with E-state index < -0.39 is 0 Å². The quantitative estimate of drug-likeness (QED) is 0.422. The molecule has 33 heavy (non-hydrogen) atoms. The number of hydrogen-bond acceptors (Lipinski definition) is 6. The Hall–Kier alpha value is -2.09. The first-order chi connectivity index (χ1) is 16.1. The van der Waals surface area contributed by atoms with Gasteiger partial charge in [0.25, 0.3) is 5.91 Å². The van der Waals surface area contributed by atoms with Crippen LogP contribution < -0.4 is 9.64 Å². The molecule has 0 bridgehead atoms. The van der Waals surface area contributed by atoms with Crippen LogP contribution in [-0.4, -0.2) is 35.7 Å². The summed E-state index contributed by atoms with van der Waals surface area (Å²) in [5, 5.41) is 2.43. The van der Waals surface area contributed by atoms with E-state index in [1.54, 1.807) is 18.9 Å². The predicted octanol–water partition coefficient (Wildman–Crippen LogP) is 7.05. The minimum Gasteiger partial charge on any atom is -0.497 e. The molecule has 3 aliphatic rings. The number of halogens is 1. The van der Waals surface area contributed by atoms with Gasteiger partial charge in [0.2, 0.25) is 0 Å². The van der Waals surface area contributed by atoms with Crippen molar-refractivity contribution in [1.29, 1.82) is 0 Å². The summed E-state index contributed by atoms with van der Waals surface area (Å²) in [6, 6.07) is 13.8. The summed E-state index contributed by atoms with van der Waals surface area (Å²) in [5.41, 5.74) is 1.89. The van der Waals surface area contributed by atoms with Crippen molar-refractivity contribution >= 4 is 57.6 Å². The number of hydrogen-bond donors (Lipinski definition) is 0. The molecule has 0 N–H and O–H groups in total. The van der Waals surface area contributed by atoms with Crippen LogP contribution in [0.15, 0.2) is 62.3 Å². The highest BCUT2D eigenvalue weighted by atomic mass is 35.5. The van der Waals surface area contributed by atoms with Gasteiger partial charge in [-0.25, -0.2) is 4.99 Å². The van der Waals surface area contributed by atoms with E-state index in [0.717, 1.165) is 69.3 Å². The fraction of sp³-hybridized carbons (Fsp3) is 0.360. The van der Waals surface area contributed by atoms with E-state index in [0.29, 0.717) is 5.02 Å². The molecule has 1 saturated heterocycles. The molecule has 2 aromatic carbocycles. The first-order valence-electron chi connectivity index (χ1n) is 11.3. The minimum atomic E-state index is 0.0698. The number of amidine groups is 1. The third kappa shape index (κ3) is 4.38. The SMILES string of the molecule is CCN1/C(=C2/SC(=Nc3ccc(Cl)cc3)N(C3CCCCC3)C2=O)Sc2ccc(OC)cc21. The highest BCUT2D eigenvalue weighted by Crippen LogP contribution is 2.52. The highest BCUT2D eigenvalue weighted by Gasteiger charge is 2.43. The van der Waals surface area contributed by atoms with Gasteiger partial charge in [-0.1, -0.05) is 42.6 Å². The lowest BCUT2D eigenvalue weighted by molar-refractivity contribution is -0.124. The van der Waals surface area contributed by atoms with E-state index >= 15 is 0 Å². The van der Waals surface area contributed by atoms with Gasteiger partial charge in [-0.05, 0) is 67.9 Å². The van der Waals surface area contributed by atoms with Crippen LogP contribution in [0.4, 0.5) is 11.4 Å². The number of methoxy groups -OCH3 is 1. The fourth-order valence-corrected chi connectivity index (χ4v) is 7.11. The highest BCUT2D eigenvalue weighted by molar-refractivity contribution is 8.19. The summed E-state index contributed by atoms with van der Waals surface area (Å²) in [5.74, 6) is 0.888. The van der Waals surface area contributed by atoms with Crippen molar-refractivity contribution < 1.29 is 9.53 Å². The monoisotopic (exact) mass is 499 g/mol. The Morgan fingerprint density at radius 1 is 1.09 bits per heavy atom. The molecule has 5 nitrogen and oxygen atoms in total. The Balaban J connectivity index is 1.56. The number of aliphatic imine (C=N–C) groups is 1. The van der Waals surface area contributed by atoms with Crippen molar-refractivity contribution in [3.05, 3.63) is 57.4 Å². The maximum absolute atomic E-state index is 13.9. The zero-order chi connectivity index (χ0) is 22.9. The van der Waals surface area contributed by atoms with E-state index in [4.69, 9.17) is 21.3 Å². The third-order valence-electron chi connectivity index (χ3n) is 6.22. The lowest BCUT2D eigenvalue weighted by Gasteiger charge is -2.30. The summed E-state index contributed by atoms with van der Waals surface area (Å²) >= 11 is 9.22. The van der Waals surface area contributed by atoms with Crippen molar-refractivity contribution in [2.45, 2.75) is 50.0 Å². The molecule has 0 spiro atoms. The van der Waals surface area contributed by atoms with Gasteiger partial charge in [0, 0.05) is 28.6 Å². The smallest absolute Gasteiger partial charge is 0.269 e. The maximum Gasteiger partial charge on any atom is 0.269 e. The molecule has 1 aliphatic carbocycles. The first-order valence-corrected chi connectivity index (χ1v) is 13.3. The van der Waals surface area contributed by atoms with Crippen LogP contribution >= 0.6 is 35.1 Å². The molecule has 172 valence electrons. The number of benzene rings is 2. The van der Waals surface area contributed by atoms with Crippen LogP contribution in [-0.2, 0) is 4.79 Å². The molecule has 0 atom stereocenters. The van der Waals surface area contributed by atoms with E-state index in [9.17, 15) is 4.79 Å². The van der Waals surface area contributed by atoms with Crippen LogP contribution in [0, 0.1) is 0 Å². The minimum absolute atomic E-state index is 0.0698. The van der Waals surface area contributed by atoms with E-state index in [2.05, 4.69) is 17.9 Å². The Morgan fingerprint density at radius 3 is 2.55 bits per heavy atom. The van der Waals surface area contributed by atoms with Crippen molar-refractivity contribution in [2.24, 2.45) is 4.99 Å². The molecular weight excluding hydrogens is 474 g/mol. The van der Waals surface area contributed by atoms with Gasteiger partial charge < -0.3 is 9.64 Å². The van der Waals surface area contributed by atoms with Crippen LogP contribution in [0.25, 0.3) is 0 Å². The number of carbonyl (C=O) groups excluding carboxylic acids is 1. The molecule has 2 aromatic rings. The average Bonchev–Trinajstić information content (AvgIpc) is 3.37. The van der Waals surface area contributed by atoms with Crippen molar-refractivity contribution in [3.8, 4) is 5.75 Å². The largest absolute Gasteiger partial charge is 0.497 e. The first kappa shape index (κ1) is 22.7. The molecule has 2 heterocycles. The van der Waals surface area contributed by atoms with E-state index in [1.807, 2.05) is 41.3 Å². The molecule has 2 aliphatic heterocycles. The van der Waals surface area contributed by atoms with Gasteiger partial charge in [0.1, 0.15) is 15.7 Å². The fourth-order valence-electron chi connectivity index (χ4n) is 4.55. The second-order valence-corrected chi connectivity index (χ2v) is 10.7. The van der Waals surface area contributed by atoms with Gasteiger partial charge in [-0.3, -0.25) is 9.69 Å². The number of anilines is 1. The Morgan fingerprint density at radius 2 is 1.85 bits per heavy atom. The topological polar surface area (TPSA) is 45.1 Å². The maximum atomic E-state index is 13.9. The summed E-state index contributed by atoms with van der Waals surface area (Å²) in [6.45, 7) is 2.88. The number of ether oxygens (including phenoxy) is 1. The molecule has 0 radical (unpaired) electrons. The molecule has 1 amide bonds. The van der Waals surface area contributed by atoms with Gasteiger partial charge in [-0.15, -0.1) is 0 Å². The van der Waals surface area contributed by atoms with Gasteiger partial charge in [-0.2, -0.15) is 0 Å². The molecule has 2 fully saturated rings. The Labute approximate surface area is 208 Å². The lowest BCUT2D eigenvalue weighted by atomic mass is 9.94. The second kappa shape index (κ2) is 9.65. The summed E-state index contributed by atoms with van der Waals surface area (Å²) < 4.78 is 5.44. The average molecular weight is 500 g/mol. The molecule has 0 unspecified atom stereocenters. The van der Waals surface area contributed by atoms with Crippen molar-refractivity contribution in [2.75, 3.05) is 18.6 Å². The third-order valence-corrected chi connectivity index (χ3v) is 8.83. The van der Waals surface area contributed by atoms with Gasteiger partial charge >= 0.3 is 0 Å². The lowest BCUT2D eigenvalue weighted by Crippen LogP contribution is -2.40. The van der Waals surface area contributed by atoms with Crippen LogP contribution in [0.3, 0.4) is 0 Å². The molecule has 5 rings (SSSR count). The predicted molar refractivity (Wildman–Crippen MR) is 139 cm³/mol. The van der Waals surface area contributed by atoms with E-state index in [-0.39, 0.29) is 11.9 Å². The number of rotatable bonds is 4. The zero-order valence-electron chi connectivity index (χ0n) is 18.7. The van der Waals surface area contributed by atoms with Crippen molar-refractivity contribution in [1.82, 2.24) is 4.90 Å². The number of fused-ring (bicyclic) bond motifs is 1. The Kier molecular flexibility index (Phi) is 6.63. The zero-order valence-corrected chi connectivity index (χ0v) is 21.1. The van der Waals surface area contributed by atoms with Gasteiger partial charge in [0.15, 0.2) is 5.17 Å². The summed E-state index contributed by atoms with van der Waals surface area (Å²) in [6.07, 6.45) is 5.59. The Bertz CT molecular complexity index is 1130. The summed E-state index contributed by atoms with van der Waals surface area (Å²) in [7, 11) is 1.68. The number of amides is 1. The van der Waals surface area contributed by atoms with Crippen LogP contribution in [0.1, 0.15) is 39.0 Å². The second-order valence-electron chi connectivity index (χ2n) is 8.25. The van der Waals surface area contributed by atoms with Gasteiger partial charge in [0.05, 0.1) is 18.5 Å². The molecular formula is C25H26ClN3O2S2. The number of thioether (sulfide) groups is 2. The van der Waals surface area contributed by atoms with Crippen LogP contribution in [0.2, 0.25) is 5.02 Å². The number of carbonyl (C=O) groups is 1. The van der Waals surface area contributed by atoms with Crippen LogP contribution in [0.5, 0.6) is 5.75 Å². The standard InChI is InChI=1S/C25H26ClN3O2S2/c1-3-28-20-15-19(31-2)13-14-21(20)32-24(28)22-23(30)29(18-7-5-4-6-8-18)25(33-22)27-17-11-9-16(26)10-12-17/h9-15,18H,3-8H2,1-2H3/b24-22-,27-25?. The molecule has 1 saturated carbocycles.